The van der Waals surface area contributed by atoms with Crippen molar-refractivity contribution < 1.29 is 9.72 Å². The lowest BCUT2D eigenvalue weighted by molar-refractivity contribution is -0.384. The molecule has 104 valence electrons. The fourth-order valence-electron chi connectivity index (χ4n) is 2.31. The molecule has 1 aromatic carbocycles. The van der Waals surface area contributed by atoms with E-state index in [0.717, 1.165) is 5.56 Å². The van der Waals surface area contributed by atoms with Crippen LogP contribution in [-0.4, -0.2) is 20.6 Å². The van der Waals surface area contributed by atoms with E-state index in [2.05, 4.69) is 4.98 Å². The molecule has 2 aromatic heterocycles. The van der Waals surface area contributed by atoms with Crippen LogP contribution in [-0.2, 0) is 0 Å². The SMILES string of the molecule is Cc1cccn2c(C=O)c(-c3cccc([N+](=O)[O-])c3)nc12. The predicted molar refractivity (Wildman–Crippen MR) is 77.4 cm³/mol. The average Bonchev–Trinajstić information content (AvgIpc) is 2.87. The third-order valence-corrected chi connectivity index (χ3v) is 3.32. The van der Waals surface area contributed by atoms with Gasteiger partial charge in [0.05, 0.1) is 4.92 Å². The second-order valence-electron chi connectivity index (χ2n) is 4.66. The summed E-state index contributed by atoms with van der Waals surface area (Å²) in [5.74, 6) is 0. The van der Waals surface area contributed by atoms with Crippen LogP contribution in [0.1, 0.15) is 16.1 Å². The molecule has 6 heteroatoms. The van der Waals surface area contributed by atoms with E-state index in [1.807, 2.05) is 19.1 Å². The number of nitro benzene ring substituents is 1. The molecule has 0 bridgehead atoms. The van der Waals surface area contributed by atoms with Crippen molar-refractivity contribution in [1.82, 2.24) is 9.38 Å². The van der Waals surface area contributed by atoms with Gasteiger partial charge in [0, 0.05) is 23.9 Å². The van der Waals surface area contributed by atoms with Crippen LogP contribution in [0.3, 0.4) is 0 Å². The lowest BCUT2D eigenvalue weighted by Crippen LogP contribution is -1.93. The highest BCUT2D eigenvalue weighted by Gasteiger charge is 2.16. The summed E-state index contributed by atoms with van der Waals surface area (Å²) in [4.78, 5) is 26.3. The number of rotatable bonds is 3. The first-order valence-electron chi connectivity index (χ1n) is 6.29. The summed E-state index contributed by atoms with van der Waals surface area (Å²) < 4.78 is 1.69. The molecule has 0 saturated carbocycles. The number of carbonyl (C=O) groups is 1. The van der Waals surface area contributed by atoms with Crippen molar-refractivity contribution in [2.45, 2.75) is 6.92 Å². The predicted octanol–water partition coefficient (Wildman–Crippen LogP) is 3.03. The Kier molecular flexibility index (Phi) is 2.98. The maximum Gasteiger partial charge on any atom is 0.270 e. The molecule has 0 atom stereocenters. The number of carbonyl (C=O) groups excluding carboxylic acids is 1. The second-order valence-corrected chi connectivity index (χ2v) is 4.66. The lowest BCUT2D eigenvalue weighted by Gasteiger charge is -1.99. The van der Waals surface area contributed by atoms with Gasteiger partial charge in [-0.05, 0) is 18.6 Å². The Morgan fingerprint density at radius 3 is 2.81 bits per heavy atom. The number of pyridine rings is 1. The molecule has 0 aliphatic rings. The van der Waals surface area contributed by atoms with Gasteiger partial charge in [0.2, 0.25) is 0 Å². The molecule has 0 N–H and O–H groups in total. The number of imidazole rings is 1. The molecule has 0 aliphatic heterocycles. The first-order chi connectivity index (χ1) is 10.1. The largest absolute Gasteiger partial charge is 0.297 e. The summed E-state index contributed by atoms with van der Waals surface area (Å²) in [7, 11) is 0. The van der Waals surface area contributed by atoms with Crippen molar-refractivity contribution in [2.24, 2.45) is 0 Å². The Hall–Kier alpha value is -3.02. The Bertz CT molecular complexity index is 868. The minimum Gasteiger partial charge on any atom is -0.297 e. The molecule has 0 spiro atoms. The smallest absolute Gasteiger partial charge is 0.270 e. The molecule has 3 aromatic rings. The molecule has 0 saturated heterocycles. The van der Waals surface area contributed by atoms with E-state index >= 15 is 0 Å². The third-order valence-electron chi connectivity index (χ3n) is 3.32. The van der Waals surface area contributed by atoms with Crippen LogP contribution in [0.15, 0.2) is 42.6 Å². The number of nitro groups is 1. The van der Waals surface area contributed by atoms with Gasteiger partial charge in [-0.2, -0.15) is 0 Å². The van der Waals surface area contributed by atoms with Crippen LogP contribution in [0.25, 0.3) is 16.9 Å². The minimum atomic E-state index is -0.467. The van der Waals surface area contributed by atoms with Gasteiger partial charge >= 0.3 is 0 Å². The van der Waals surface area contributed by atoms with Crippen LogP contribution in [0.4, 0.5) is 5.69 Å². The number of benzene rings is 1. The van der Waals surface area contributed by atoms with Gasteiger partial charge in [-0.25, -0.2) is 4.98 Å². The topological polar surface area (TPSA) is 77.5 Å². The van der Waals surface area contributed by atoms with E-state index in [1.54, 1.807) is 22.7 Å². The zero-order valence-electron chi connectivity index (χ0n) is 11.2. The molecule has 0 aliphatic carbocycles. The van der Waals surface area contributed by atoms with Crippen molar-refractivity contribution in [3.05, 3.63) is 64.0 Å². The Balaban J connectivity index is 2.30. The van der Waals surface area contributed by atoms with Gasteiger partial charge < -0.3 is 0 Å². The van der Waals surface area contributed by atoms with Crippen LogP contribution in [0, 0.1) is 17.0 Å². The van der Waals surface area contributed by atoms with E-state index < -0.39 is 4.92 Å². The summed E-state index contributed by atoms with van der Waals surface area (Å²) in [5.41, 5.74) is 2.95. The summed E-state index contributed by atoms with van der Waals surface area (Å²) >= 11 is 0. The Morgan fingerprint density at radius 2 is 2.10 bits per heavy atom. The van der Waals surface area contributed by atoms with Crippen molar-refractivity contribution in [3.63, 3.8) is 0 Å². The van der Waals surface area contributed by atoms with Gasteiger partial charge in [-0.15, -0.1) is 0 Å². The fraction of sp³-hybridized carbons (Fsp3) is 0.0667. The fourth-order valence-corrected chi connectivity index (χ4v) is 2.31. The Labute approximate surface area is 119 Å². The maximum atomic E-state index is 11.4. The van der Waals surface area contributed by atoms with E-state index in [-0.39, 0.29) is 5.69 Å². The molecule has 21 heavy (non-hydrogen) atoms. The quantitative estimate of drug-likeness (QED) is 0.420. The third kappa shape index (κ3) is 2.06. The number of aryl methyl sites for hydroxylation is 1. The maximum absolute atomic E-state index is 11.4. The van der Waals surface area contributed by atoms with E-state index in [1.165, 1.54) is 12.1 Å². The van der Waals surface area contributed by atoms with Gasteiger partial charge in [0.1, 0.15) is 17.0 Å². The van der Waals surface area contributed by atoms with Gasteiger partial charge in [-0.1, -0.05) is 18.2 Å². The van der Waals surface area contributed by atoms with Crippen LogP contribution in [0.5, 0.6) is 0 Å². The molecule has 6 nitrogen and oxygen atoms in total. The molecule has 0 amide bonds. The highest BCUT2D eigenvalue weighted by Crippen LogP contribution is 2.27. The van der Waals surface area contributed by atoms with Crippen LogP contribution >= 0.6 is 0 Å². The normalized spacial score (nSPS) is 10.7. The second kappa shape index (κ2) is 4.82. The summed E-state index contributed by atoms with van der Waals surface area (Å²) in [6.45, 7) is 1.90. The first kappa shape index (κ1) is 13.0. The molecule has 0 unspecified atom stereocenters. The van der Waals surface area contributed by atoms with E-state index in [9.17, 15) is 14.9 Å². The monoisotopic (exact) mass is 281 g/mol. The average molecular weight is 281 g/mol. The molecule has 0 fully saturated rings. The lowest BCUT2D eigenvalue weighted by atomic mass is 10.1. The highest BCUT2D eigenvalue weighted by molar-refractivity contribution is 5.87. The Morgan fingerprint density at radius 1 is 1.29 bits per heavy atom. The summed E-state index contributed by atoms with van der Waals surface area (Å²) in [6, 6.07) is 9.84. The van der Waals surface area contributed by atoms with Crippen molar-refractivity contribution in [3.8, 4) is 11.3 Å². The number of fused-ring (bicyclic) bond motifs is 1. The van der Waals surface area contributed by atoms with Gasteiger partial charge in [0.25, 0.3) is 5.69 Å². The molecule has 3 rings (SSSR count). The molecule has 2 heterocycles. The highest BCUT2D eigenvalue weighted by atomic mass is 16.6. The van der Waals surface area contributed by atoms with Crippen LogP contribution < -0.4 is 0 Å². The summed E-state index contributed by atoms with van der Waals surface area (Å²) in [5, 5.41) is 10.9. The minimum absolute atomic E-state index is 0.0295. The number of aromatic nitrogens is 2. The van der Waals surface area contributed by atoms with Crippen molar-refractivity contribution in [2.75, 3.05) is 0 Å². The zero-order valence-corrected chi connectivity index (χ0v) is 11.2. The van der Waals surface area contributed by atoms with Crippen molar-refractivity contribution in [1.29, 1.82) is 0 Å². The standard InChI is InChI=1S/C15H11N3O3/c1-10-4-3-7-17-13(9-19)14(16-15(10)17)11-5-2-6-12(8-11)18(20)21/h2-9H,1H3. The number of non-ortho nitro benzene ring substituents is 1. The zero-order chi connectivity index (χ0) is 15.0. The van der Waals surface area contributed by atoms with E-state index in [0.29, 0.717) is 28.9 Å². The van der Waals surface area contributed by atoms with Crippen LogP contribution in [0.2, 0.25) is 0 Å². The molecule has 0 radical (unpaired) electrons. The van der Waals surface area contributed by atoms with Crippen molar-refractivity contribution >= 4 is 17.6 Å². The number of hydrogen-bond acceptors (Lipinski definition) is 4. The summed E-state index contributed by atoms with van der Waals surface area (Å²) in [6.07, 6.45) is 2.47. The number of hydrogen-bond donors (Lipinski definition) is 0. The van der Waals surface area contributed by atoms with Gasteiger partial charge in [0.15, 0.2) is 6.29 Å². The number of aldehydes is 1. The number of nitrogens with zero attached hydrogens (tertiary/aromatic N) is 3. The molecular formula is C15H11N3O3. The molecular weight excluding hydrogens is 270 g/mol. The first-order valence-corrected chi connectivity index (χ1v) is 6.29. The van der Waals surface area contributed by atoms with Gasteiger partial charge in [-0.3, -0.25) is 19.3 Å². The van der Waals surface area contributed by atoms with E-state index in [4.69, 9.17) is 0 Å².